The lowest BCUT2D eigenvalue weighted by atomic mass is 9.87. The topological polar surface area (TPSA) is 61.2 Å². The molecule has 4 nitrogen and oxygen atoms in total. The molecule has 0 spiro atoms. The van der Waals surface area contributed by atoms with Gasteiger partial charge < -0.3 is 4.90 Å². The van der Waals surface area contributed by atoms with Gasteiger partial charge in [-0.3, -0.25) is 9.59 Å². The molecule has 1 saturated heterocycles. The Hall–Kier alpha value is -2.15. The molecule has 1 amide bonds. The van der Waals surface area contributed by atoms with Crippen LogP contribution in [0.3, 0.4) is 0 Å². The number of hydrogen-bond acceptors (Lipinski definition) is 3. The van der Waals surface area contributed by atoms with Gasteiger partial charge in [-0.2, -0.15) is 5.26 Å². The first-order valence-corrected chi connectivity index (χ1v) is 6.90. The van der Waals surface area contributed by atoms with Crippen LogP contribution in [-0.2, 0) is 9.59 Å². The van der Waals surface area contributed by atoms with Gasteiger partial charge in [0.15, 0.2) is 0 Å². The molecule has 4 heteroatoms. The second-order valence-electron chi connectivity index (χ2n) is 5.40. The third-order valence-electron chi connectivity index (χ3n) is 3.66. The van der Waals surface area contributed by atoms with Crippen molar-refractivity contribution in [3.05, 3.63) is 29.8 Å². The van der Waals surface area contributed by atoms with Crippen LogP contribution in [0.2, 0.25) is 0 Å². The summed E-state index contributed by atoms with van der Waals surface area (Å²) in [4.78, 5) is 26.2. The monoisotopic (exact) mass is 270 g/mol. The van der Waals surface area contributed by atoms with Crippen molar-refractivity contribution in [1.82, 2.24) is 0 Å². The summed E-state index contributed by atoms with van der Waals surface area (Å²) in [6.45, 7) is 4.29. The Balaban J connectivity index is 2.21. The molecule has 1 aromatic carbocycles. The smallest absolute Gasteiger partial charge is 0.237 e. The minimum Gasteiger partial charge on any atom is -0.312 e. The second-order valence-corrected chi connectivity index (χ2v) is 5.40. The minimum atomic E-state index is -0.514. The molecule has 1 aliphatic heterocycles. The van der Waals surface area contributed by atoms with Crippen LogP contribution in [0.15, 0.2) is 24.3 Å². The zero-order valence-corrected chi connectivity index (χ0v) is 11.8. The van der Waals surface area contributed by atoms with Crippen molar-refractivity contribution in [2.75, 3.05) is 11.4 Å². The number of carbonyl (C=O) groups excluding carboxylic acids is 2. The average molecular weight is 270 g/mol. The molecule has 0 unspecified atom stereocenters. The zero-order valence-electron chi connectivity index (χ0n) is 11.8. The summed E-state index contributed by atoms with van der Waals surface area (Å²) in [5.41, 5.74) is 1.32. The molecular weight excluding hydrogens is 252 g/mol. The Morgan fingerprint density at radius 1 is 1.35 bits per heavy atom. The molecule has 0 N–H and O–H groups in total. The van der Waals surface area contributed by atoms with Gasteiger partial charge in [0, 0.05) is 18.2 Å². The van der Waals surface area contributed by atoms with Gasteiger partial charge in [-0.1, -0.05) is 13.8 Å². The Morgan fingerprint density at radius 3 is 2.55 bits per heavy atom. The van der Waals surface area contributed by atoms with Crippen LogP contribution >= 0.6 is 0 Å². The van der Waals surface area contributed by atoms with E-state index in [1.54, 1.807) is 29.2 Å². The number of rotatable bonds is 3. The summed E-state index contributed by atoms with van der Waals surface area (Å²) in [6, 6.07) is 8.96. The fourth-order valence-electron chi connectivity index (χ4n) is 2.51. The third kappa shape index (κ3) is 2.72. The lowest BCUT2D eigenvalue weighted by Gasteiger charge is -2.32. The van der Waals surface area contributed by atoms with Gasteiger partial charge in [0.1, 0.15) is 5.78 Å². The summed E-state index contributed by atoms with van der Waals surface area (Å²) < 4.78 is 0. The molecular formula is C16H18N2O2. The van der Waals surface area contributed by atoms with Gasteiger partial charge in [0.2, 0.25) is 5.91 Å². The standard InChI is InChI=1S/C16H18N2O2/c1-11(2)15(19)14-4-3-9-18(16(14)20)13-7-5-12(10-17)6-8-13/h5-8,11,14H,3-4,9H2,1-2H3/t14-/m1/s1. The number of nitrogens with zero attached hydrogens (tertiary/aromatic N) is 2. The summed E-state index contributed by atoms with van der Waals surface area (Å²) in [7, 11) is 0. The molecule has 104 valence electrons. The SMILES string of the molecule is CC(C)C(=O)[C@H]1CCCN(c2ccc(C#N)cc2)C1=O. The predicted molar refractivity (Wildman–Crippen MR) is 76.1 cm³/mol. The molecule has 0 aromatic heterocycles. The minimum absolute atomic E-state index is 0.0216. The van der Waals surface area contributed by atoms with Crippen LogP contribution in [0, 0.1) is 23.2 Å². The van der Waals surface area contributed by atoms with Crippen LogP contribution < -0.4 is 4.90 Å². The zero-order chi connectivity index (χ0) is 14.7. The maximum atomic E-state index is 12.5. The highest BCUT2D eigenvalue weighted by atomic mass is 16.2. The van der Waals surface area contributed by atoms with Gasteiger partial charge in [-0.05, 0) is 37.1 Å². The van der Waals surface area contributed by atoms with E-state index < -0.39 is 5.92 Å². The van der Waals surface area contributed by atoms with Crippen LogP contribution in [0.4, 0.5) is 5.69 Å². The van der Waals surface area contributed by atoms with E-state index in [4.69, 9.17) is 5.26 Å². The number of anilines is 1. The number of Topliss-reactive ketones (excluding diaryl/α,β-unsaturated/α-hetero) is 1. The first kappa shape index (κ1) is 14.3. The Bertz CT molecular complexity index is 555. The molecule has 1 fully saturated rings. The number of amides is 1. The lowest BCUT2D eigenvalue weighted by molar-refractivity contribution is -0.135. The van der Waals surface area contributed by atoms with E-state index in [-0.39, 0.29) is 17.6 Å². The molecule has 1 aliphatic rings. The Labute approximate surface area is 119 Å². The first-order valence-electron chi connectivity index (χ1n) is 6.90. The van der Waals surface area contributed by atoms with Gasteiger partial charge in [0.05, 0.1) is 17.6 Å². The molecule has 2 rings (SSSR count). The molecule has 1 heterocycles. The highest BCUT2D eigenvalue weighted by molar-refractivity contribution is 6.09. The van der Waals surface area contributed by atoms with E-state index in [0.717, 1.165) is 12.1 Å². The molecule has 1 atom stereocenters. The van der Waals surface area contributed by atoms with Crippen molar-refractivity contribution < 1.29 is 9.59 Å². The first-order chi connectivity index (χ1) is 9.54. The number of ketones is 1. The van der Waals surface area contributed by atoms with Gasteiger partial charge in [0.25, 0.3) is 0 Å². The van der Waals surface area contributed by atoms with Crippen molar-refractivity contribution in [3.8, 4) is 6.07 Å². The Morgan fingerprint density at radius 2 is 2.00 bits per heavy atom. The largest absolute Gasteiger partial charge is 0.312 e. The van der Waals surface area contributed by atoms with Crippen LogP contribution in [-0.4, -0.2) is 18.2 Å². The maximum absolute atomic E-state index is 12.5. The summed E-state index contributed by atoms with van der Waals surface area (Å²) in [5.74, 6) is -0.725. The van der Waals surface area contributed by atoms with E-state index in [1.807, 2.05) is 13.8 Å². The van der Waals surface area contributed by atoms with Crippen LogP contribution in [0.5, 0.6) is 0 Å². The number of benzene rings is 1. The molecule has 0 bridgehead atoms. The fourth-order valence-corrected chi connectivity index (χ4v) is 2.51. The summed E-state index contributed by atoms with van der Waals surface area (Å²) >= 11 is 0. The van der Waals surface area contributed by atoms with E-state index in [0.29, 0.717) is 18.5 Å². The van der Waals surface area contributed by atoms with Crippen molar-refractivity contribution in [1.29, 1.82) is 5.26 Å². The van der Waals surface area contributed by atoms with Crippen LogP contribution in [0.25, 0.3) is 0 Å². The number of hydrogen-bond donors (Lipinski definition) is 0. The van der Waals surface area contributed by atoms with Crippen molar-refractivity contribution in [3.63, 3.8) is 0 Å². The van der Waals surface area contributed by atoms with Gasteiger partial charge in [-0.25, -0.2) is 0 Å². The number of carbonyl (C=O) groups is 2. The lowest BCUT2D eigenvalue weighted by Crippen LogP contribution is -2.45. The van der Waals surface area contributed by atoms with Crippen molar-refractivity contribution >= 4 is 17.4 Å². The molecule has 20 heavy (non-hydrogen) atoms. The van der Waals surface area contributed by atoms with E-state index in [2.05, 4.69) is 6.07 Å². The Kier molecular flexibility index (Phi) is 4.19. The van der Waals surface area contributed by atoms with Gasteiger partial charge >= 0.3 is 0 Å². The van der Waals surface area contributed by atoms with E-state index in [9.17, 15) is 9.59 Å². The van der Waals surface area contributed by atoms with E-state index >= 15 is 0 Å². The average Bonchev–Trinajstić information content (AvgIpc) is 2.47. The number of piperidine rings is 1. The van der Waals surface area contributed by atoms with Gasteiger partial charge in [-0.15, -0.1) is 0 Å². The normalized spacial score (nSPS) is 19.0. The molecule has 0 aliphatic carbocycles. The van der Waals surface area contributed by atoms with E-state index in [1.165, 1.54) is 0 Å². The number of nitriles is 1. The highest BCUT2D eigenvalue weighted by Crippen LogP contribution is 2.26. The molecule has 0 saturated carbocycles. The summed E-state index contributed by atoms with van der Waals surface area (Å²) in [5, 5.41) is 8.79. The maximum Gasteiger partial charge on any atom is 0.237 e. The molecule has 1 aromatic rings. The quantitative estimate of drug-likeness (QED) is 0.793. The molecule has 0 radical (unpaired) electrons. The second kappa shape index (κ2) is 5.87. The highest BCUT2D eigenvalue weighted by Gasteiger charge is 2.35. The predicted octanol–water partition coefficient (Wildman–Crippen LogP) is 2.53. The van der Waals surface area contributed by atoms with Crippen LogP contribution in [0.1, 0.15) is 32.3 Å². The fraction of sp³-hybridized carbons (Fsp3) is 0.438. The summed E-state index contributed by atoms with van der Waals surface area (Å²) in [6.07, 6.45) is 1.47. The van der Waals surface area contributed by atoms with Crippen molar-refractivity contribution in [2.24, 2.45) is 11.8 Å². The van der Waals surface area contributed by atoms with Crippen molar-refractivity contribution in [2.45, 2.75) is 26.7 Å². The third-order valence-corrected chi connectivity index (χ3v) is 3.66.